The van der Waals surface area contributed by atoms with E-state index in [9.17, 15) is 4.79 Å². The first-order valence-electron chi connectivity index (χ1n) is 8.39. The van der Waals surface area contributed by atoms with Crippen molar-refractivity contribution in [2.75, 3.05) is 11.9 Å². The second-order valence-corrected chi connectivity index (χ2v) is 6.04. The zero-order chi connectivity index (χ0) is 18.4. The second-order valence-electron chi connectivity index (χ2n) is 6.04. The summed E-state index contributed by atoms with van der Waals surface area (Å²) in [6, 6.07) is 15.6. The van der Waals surface area contributed by atoms with Gasteiger partial charge >= 0.3 is 0 Å². The highest BCUT2D eigenvalue weighted by Crippen LogP contribution is 2.14. The number of hydrogen-bond donors (Lipinski definition) is 1. The molecule has 2 aromatic heterocycles. The molecule has 0 atom stereocenters. The summed E-state index contributed by atoms with van der Waals surface area (Å²) in [7, 11) is 1.95. The Hall–Kier alpha value is -3.28. The third-order valence-corrected chi connectivity index (χ3v) is 3.91. The van der Waals surface area contributed by atoms with Gasteiger partial charge in [-0.05, 0) is 30.2 Å². The Morgan fingerprint density at radius 3 is 2.50 bits per heavy atom. The van der Waals surface area contributed by atoms with E-state index in [4.69, 9.17) is 0 Å². The maximum Gasteiger partial charge on any atom is 0.270 e. The maximum absolute atomic E-state index is 12.5. The number of aryl methyl sites for hydroxylation is 1. The molecule has 0 bridgehead atoms. The van der Waals surface area contributed by atoms with Crippen LogP contribution in [0.5, 0.6) is 0 Å². The largest absolute Gasteiger partial charge is 0.355 e. The van der Waals surface area contributed by atoms with Crippen LogP contribution in [0.3, 0.4) is 0 Å². The van der Waals surface area contributed by atoms with Crippen LogP contribution in [0.2, 0.25) is 0 Å². The molecule has 26 heavy (non-hydrogen) atoms. The minimum atomic E-state index is -0.221. The Morgan fingerprint density at radius 2 is 1.77 bits per heavy atom. The first kappa shape index (κ1) is 17.5. The molecule has 0 saturated carbocycles. The molecule has 0 spiro atoms. The van der Waals surface area contributed by atoms with E-state index in [0.717, 1.165) is 11.4 Å². The van der Waals surface area contributed by atoms with Gasteiger partial charge in [0.1, 0.15) is 17.3 Å². The van der Waals surface area contributed by atoms with Crippen LogP contribution in [0.4, 0.5) is 5.82 Å². The lowest BCUT2D eigenvalue weighted by Gasteiger charge is -2.19. The monoisotopic (exact) mass is 347 g/mol. The number of carbonyl (C=O) groups is 1. The van der Waals surface area contributed by atoms with Crippen LogP contribution in [0.15, 0.2) is 60.9 Å². The van der Waals surface area contributed by atoms with Gasteiger partial charge in [0.25, 0.3) is 5.91 Å². The third kappa shape index (κ3) is 4.63. The molecule has 0 saturated heterocycles. The van der Waals surface area contributed by atoms with E-state index < -0.39 is 0 Å². The van der Waals surface area contributed by atoms with E-state index in [1.807, 2.05) is 42.3 Å². The number of carbonyl (C=O) groups excluding carboxylic acids is 1. The molecule has 0 aliphatic rings. The van der Waals surface area contributed by atoms with Gasteiger partial charge < -0.3 is 10.2 Å². The van der Waals surface area contributed by atoms with E-state index in [1.54, 1.807) is 25.4 Å². The van der Waals surface area contributed by atoms with Crippen LogP contribution in [0.1, 0.15) is 27.4 Å². The summed E-state index contributed by atoms with van der Waals surface area (Å²) in [6.45, 7) is 2.93. The topological polar surface area (TPSA) is 71.0 Å². The highest BCUT2D eigenvalue weighted by molar-refractivity contribution is 5.92. The van der Waals surface area contributed by atoms with Gasteiger partial charge in [0, 0.05) is 38.6 Å². The molecule has 0 unspecified atom stereocenters. The summed E-state index contributed by atoms with van der Waals surface area (Å²) in [6.07, 6.45) is 3.40. The van der Waals surface area contributed by atoms with Crippen LogP contribution >= 0.6 is 0 Å². The lowest BCUT2D eigenvalue weighted by Crippen LogP contribution is -2.25. The van der Waals surface area contributed by atoms with Crippen LogP contribution in [-0.4, -0.2) is 27.9 Å². The standard InChI is InChI=1S/C20H21N5O/c1-15-23-18(20(26)22-13-16-8-10-21-11-9-16)12-19(24-15)25(2)14-17-6-4-3-5-7-17/h3-12H,13-14H2,1-2H3,(H,22,26). The summed E-state index contributed by atoms with van der Waals surface area (Å²) < 4.78 is 0. The smallest absolute Gasteiger partial charge is 0.270 e. The van der Waals surface area contributed by atoms with Crippen molar-refractivity contribution in [1.82, 2.24) is 20.3 Å². The number of pyridine rings is 1. The van der Waals surface area contributed by atoms with E-state index >= 15 is 0 Å². The Labute approximate surface area is 153 Å². The molecule has 0 aliphatic carbocycles. The molecule has 6 nitrogen and oxygen atoms in total. The fourth-order valence-corrected chi connectivity index (χ4v) is 2.58. The molecule has 1 N–H and O–H groups in total. The zero-order valence-corrected chi connectivity index (χ0v) is 14.9. The molecule has 0 aliphatic heterocycles. The van der Waals surface area contributed by atoms with Crippen molar-refractivity contribution in [2.45, 2.75) is 20.0 Å². The minimum absolute atomic E-state index is 0.221. The van der Waals surface area contributed by atoms with Crippen LogP contribution < -0.4 is 10.2 Å². The molecule has 1 amide bonds. The molecule has 6 heteroatoms. The van der Waals surface area contributed by atoms with Crippen LogP contribution in [0, 0.1) is 6.92 Å². The molecule has 3 aromatic rings. The van der Waals surface area contributed by atoms with Gasteiger partial charge in [-0.1, -0.05) is 30.3 Å². The van der Waals surface area contributed by atoms with Gasteiger partial charge in [-0.2, -0.15) is 0 Å². The summed E-state index contributed by atoms with van der Waals surface area (Å²) in [5.41, 5.74) is 2.52. The lowest BCUT2D eigenvalue weighted by molar-refractivity contribution is 0.0945. The first-order chi connectivity index (χ1) is 12.6. The predicted octanol–water partition coefficient (Wildman–Crippen LogP) is 2.75. The first-order valence-corrected chi connectivity index (χ1v) is 8.39. The Kier molecular flexibility index (Phi) is 5.53. The van der Waals surface area contributed by atoms with Gasteiger partial charge in [-0.3, -0.25) is 9.78 Å². The maximum atomic E-state index is 12.5. The van der Waals surface area contributed by atoms with Crippen molar-refractivity contribution in [1.29, 1.82) is 0 Å². The molecule has 2 heterocycles. The van der Waals surface area contributed by atoms with E-state index in [0.29, 0.717) is 24.6 Å². The van der Waals surface area contributed by atoms with Gasteiger partial charge in [0.15, 0.2) is 0 Å². The van der Waals surface area contributed by atoms with Gasteiger partial charge in [0.05, 0.1) is 0 Å². The highest BCUT2D eigenvalue weighted by Gasteiger charge is 2.13. The average Bonchev–Trinajstić information content (AvgIpc) is 2.67. The summed E-state index contributed by atoms with van der Waals surface area (Å²) in [5, 5.41) is 2.88. The number of nitrogens with zero attached hydrogens (tertiary/aromatic N) is 4. The molecule has 0 radical (unpaired) electrons. The fraction of sp³-hybridized carbons (Fsp3) is 0.200. The highest BCUT2D eigenvalue weighted by atomic mass is 16.1. The second kappa shape index (κ2) is 8.20. The molecular formula is C20H21N5O. The SMILES string of the molecule is Cc1nc(C(=O)NCc2ccncc2)cc(N(C)Cc2ccccc2)n1. The average molecular weight is 347 g/mol. The number of aromatic nitrogens is 3. The van der Waals surface area contributed by atoms with Gasteiger partial charge in [-0.15, -0.1) is 0 Å². The predicted molar refractivity (Wildman–Crippen MR) is 101 cm³/mol. The Morgan fingerprint density at radius 1 is 1.04 bits per heavy atom. The van der Waals surface area contributed by atoms with Crippen molar-refractivity contribution in [3.05, 3.63) is 83.6 Å². The number of benzene rings is 1. The zero-order valence-electron chi connectivity index (χ0n) is 14.9. The van der Waals surface area contributed by atoms with E-state index in [2.05, 4.69) is 32.4 Å². The molecule has 3 rings (SSSR count). The van der Waals surface area contributed by atoms with Crippen molar-refractivity contribution in [3.63, 3.8) is 0 Å². The quantitative estimate of drug-likeness (QED) is 0.742. The molecule has 0 fully saturated rings. The van der Waals surface area contributed by atoms with E-state index in [1.165, 1.54) is 5.56 Å². The number of anilines is 1. The Bertz CT molecular complexity index is 868. The minimum Gasteiger partial charge on any atom is -0.355 e. The van der Waals surface area contributed by atoms with Crippen LogP contribution in [-0.2, 0) is 13.1 Å². The summed E-state index contributed by atoms with van der Waals surface area (Å²) in [4.78, 5) is 27.2. The fourth-order valence-electron chi connectivity index (χ4n) is 2.58. The van der Waals surface area contributed by atoms with Crippen LogP contribution in [0.25, 0.3) is 0 Å². The summed E-state index contributed by atoms with van der Waals surface area (Å²) >= 11 is 0. The molecule has 1 aromatic carbocycles. The number of amides is 1. The van der Waals surface area contributed by atoms with Crippen molar-refractivity contribution >= 4 is 11.7 Å². The Balaban J connectivity index is 1.71. The third-order valence-electron chi connectivity index (χ3n) is 3.91. The number of nitrogens with one attached hydrogen (secondary N) is 1. The van der Waals surface area contributed by atoms with Gasteiger partial charge in [0.2, 0.25) is 0 Å². The number of rotatable bonds is 6. The summed E-state index contributed by atoms with van der Waals surface area (Å²) in [5.74, 6) is 1.06. The lowest BCUT2D eigenvalue weighted by atomic mass is 10.2. The van der Waals surface area contributed by atoms with Crippen molar-refractivity contribution < 1.29 is 4.79 Å². The van der Waals surface area contributed by atoms with Crippen molar-refractivity contribution in [2.24, 2.45) is 0 Å². The number of hydrogen-bond acceptors (Lipinski definition) is 5. The van der Waals surface area contributed by atoms with Crippen molar-refractivity contribution in [3.8, 4) is 0 Å². The normalized spacial score (nSPS) is 10.4. The van der Waals surface area contributed by atoms with E-state index in [-0.39, 0.29) is 5.91 Å². The van der Waals surface area contributed by atoms with Gasteiger partial charge in [-0.25, -0.2) is 9.97 Å². The molecule has 132 valence electrons. The molecular weight excluding hydrogens is 326 g/mol.